The van der Waals surface area contributed by atoms with Gasteiger partial charge in [0.05, 0.1) is 17.8 Å². The minimum Gasteiger partial charge on any atom is -0.494 e. The van der Waals surface area contributed by atoms with Crippen molar-refractivity contribution in [2.75, 3.05) is 11.9 Å². The van der Waals surface area contributed by atoms with Gasteiger partial charge in [-0.05, 0) is 44.2 Å². The number of benzene rings is 2. The number of aryl methyl sites for hydroxylation is 1. The van der Waals surface area contributed by atoms with Crippen LogP contribution < -0.4 is 10.1 Å². The first kappa shape index (κ1) is 14.1. The summed E-state index contributed by atoms with van der Waals surface area (Å²) in [5.41, 5.74) is 2.33. The van der Waals surface area contributed by atoms with E-state index in [-0.39, 0.29) is 6.03 Å². The number of amides is 1. The quantitative estimate of drug-likeness (QED) is 0.799. The summed E-state index contributed by atoms with van der Waals surface area (Å²) >= 11 is 0. The van der Waals surface area contributed by atoms with Crippen LogP contribution in [0.15, 0.2) is 48.5 Å². The lowest BCUT2D eigenvalue weighted by atomic mass is 10.2. The molecule has 0 aliphatic carbocycles. The van der Waals surface area contributed by atoms with E-state index in [1.807, 2.05) is 50.2 Å². The Hall–Kier alpha value is -2.82. The predicted molar refractivity (Wildman–Crippen MR) is 86.5 cm³/mol. The van der Waals surface area contributed by atoms with E-state index in [0.29, 0.717) is 12.3 Å². The van der Waals surface area contributed by atoms with E-state index in [2.05, 4.69) is 10.4 Å². The molecule has 0 spiro atoms. The Morgan fingerprint density at radius 3 is 2.64 bits per heavy atom. The molecule has 2 aromatic carbocycles. The molecule has 5 nitrogen and oxygen atoms in total. The van der Waals surface area contributed by atoms with Crippen molar-refractivity contribution in [2.45, 2.75) is 13.8 Å². The van der Waals surface area contributed by atoms with E-state index in [1.165, 1.54) is 4.68 Å². The number of carbonyl (C=O) groups excluding carboxylic acids is 1. The van der Waals surface area contributed by atoms with Gasteiger partial charge in [0.1, 0.15) is 5.75 Å². The first-order valence-corrected chi connectivity index (χ1v) is 7.17. The molecule has 1 N–H and O–H groups in total. The molecule has 3 rings (SSSR count). The number of carbonyl (C=O) groups is 1. The molecule has 22 heavy (non-hydrogen) atoms. The fourth-order valence-electron chi connectivity index (χ4n) is 2.35. The summed E-state index contributed by atoms with van der Waals surface area (Å²) in [4.78, 5) is 12.4. The Kier molecular flexibility index (Phi) is 3.78. The zero-order valence-electron chi connectivity index (χ0n) is 12.5. The van der Waals surface area contributed by atoms with Crippen LogP contribution in [0.5, 0.6) is 5.75 Å². The molecule has 0 fully saturated rings. The van der Waals surface area contributed by atoms with E-state index in [0.717, 1.165) is 22.3 Å². The summed E-state index contributed by atoms with van der Waals surface area (Å²) in [6, 6.07) is 14.6. The fraction of sp³-hybridized carbons (Fsp3) is 0.176. The zero-order valence-corrected chi connectivity index (χ0v) is 12.5. The average Bonchev–Trinajstić information content (AvgIpc) is 2.87. The minimum absolute atomic E-state index is 0.284. The van der Waals surface area contributed by atoms with E-state index in [1.54, 1.807) is 12.1 Å². The molecule has 0 saturated carbocycles. The monoisotopic (exact) mass is 295 g/mol. The topological polar surface area (TPSA) is 56.1 Å². The second-order valence-corrected chi connectivity index (χ2v) is 4.90. The number of nitrogens with one attached hydrogen (secondary N) is 1. The molecular weight excluding hydrogens is 278 g/mol. The van der Waals surface area contributed by atoms with Crippen LogP contribution in [0.25, 0.3) is 10.9 Å². The Bertz CT molecular complexity index is 806. The maximum Gasteiger partial charge on any atom is 0.347 e. The van der Waals surface area contributed by atoms with Gasteiger partial charge in [0.25, 0.3) is 0 Å². The summed E-state index contributed by atoms with van der Waals surface area (Å²) in [6.07, 6.45) is 0. The van der Waals surface area contributed by atoms with Gasteiger partial charge in [-0.25, -0.2) is 4.79 Å². The van der Waals surface area contributed by atoms with E-state index in [4.69, 9.17) is 4.74 Å². The number of ether oxygens (including phenoxy) is 1. The molecular formula is C17H17N3O2. The predicted octanol–water partition coefficient (Wildman–Crippen LogP) is 3.82. The molecule has 3 aromatic rings. The first-order chi connectivity index (χ1) is 10.7. The maximum atomic E-state index is 12.4. The number of hydrogen-bond acceptors (Lipinski definition) is 3. The summed E-state index contributed by atoms with van der Waals surface area (Å²) in [7, 11) is 0. The van der Waals surface area contributed by atoms with Crippen LogP contribution in [0.1, 0.15) is 12.6 Å². The smallest absolute Gasteiger partial charge is 0.347 e. The SMILES string of the molecule is CCOc1ccc(NC(=O)n2nc(C)c3ccccc32)cc1. The molecule has 1 heterocycles. The fourth-order valence-corrected chi connectivity index (χ4v) is 2.35. The van der Waals surface area contributed by atoms with Crippen LogP contribution in [-0.2, 0) is 0 Å². The van der Waals surface area contributed by atoms with Crippen LogP contribution in [-0.4, -0.2) is 22.4 Å². The van der Waals surface area contributed by atoms with Crippen LogP contribution in [0.3, 0.4) is 0 Å². The van der Waals surface area contributed by atoms with Gasteiger partial charge in [-0.3, -0.25) is 0 Å². The van der Waals surface area contributed by atoms with Gasteiger partial charge in [-0.15, -0.1) is 0 Å². The van der Waals surface area contributed by atoms with Crippen LogP contribution in [0, 0.1) is 6.92 Å². The molecule has 0 aliphatic heterocycles. The number of rotatable bonds is 3. The Labute approximate surface area is 128 Å². The van der Waals surface area contributed by atoms with Crippen molar-refractivity contribution >= 4 is 22.6 Å². The number of fused-ring (bicyclic) bond motifs is 1. The molecule has 1 aromatic heterocycles. The number of anilines is 1. The molecule has 1 amide bonds. The lowest BCUT2D eigenvalue weighted by molar-refractivity contribution is 0.251. The third kappa shape index (κ3) is 2.65. The highest BCUT2D eigenvalue weighted by molar-refractivity contribution is 5.98. The lowest BCUT2D eigenvalue weighted by Gasteiger charge is -2.07. The molecule has 0 saturated heterocycles. The number of nitrogens with zero attached hydrogens (tertiary/aromatic N) is 2. The maximum absolute atomic E-state index is 12.4. The van der Waals surface area contributed by atoms with E-state index >= 15 is 0 Å². The van der Waals surface area contributed by atoms with E-state index in [9.17, 15) is 4.79 Å². The third-order valence-electron chi connectivity index (χ3n) is 3.38. The summed E-state index contributed by atoms with van der Waals surface area (Å²) in [5, 5.41) is 8.13. The largest absolute Gasteiger partial charge is 0.494 e. The van der Waals surface area contributed by atoms with Crippen LogP contribution in [0.2, 0.25) is 0 Å². The van der Waals surface area contributed by atoms with Gasteiger partial charge in [-0.2, -0.15) is 9.78 Å². The Balaban J connectivity index is 1.84. The summed E-state index contributed by atoms with van der Waals surface area (Å²) < 4.78 is 6.77. The molecule has 112 valence electrons. The lowest BCUT2D eigenvalue weighted by Crippen LogP contribution is -2.20. The minimum atomic E-state index is -0.284. The van der Waals surface area contributed by atoms with Gasteiger partial charge >= 0.3 is 6.03 Å². The molecule has 5 heteroatoms. The van der Waals surface area contributed by atoms with Crippen molar-refractivity contribution in [3.63, 3.8) is 0 Å². The third-order valence-corrected chi connectivity index (χ3v) is 3.38. The Morgan fingerprint density at radius 1 is 1.18 bits per heavy atom. The van der Waals surface area contributed by atoms with Gasteiger partial charge in [0.15, 0.2) is 0 Å². The summed E-state index contributed by atoms with van der Waals surface area (Å²) in [5.74, 6) is 0.779. The van der Waals surface area contributed by atoms with Gasteiger partial charge in [0, 0.05) is 11.1 Å². The van der Waals surface area contributed by atoms with Crippen molar-refractivity contribution < 1.29 is 9.53 Å². The van der Waals surface area contributed by atoms with Crippen molar-refractivity contribution in [2.24, 2.45) is 0 Å². The highest BCUT2D eigenvalue weighted by atomic mass is 16.5. The highest BCUT2D eigenvalue weighted by Gasteiger charge is 2.13. The van der Waals surface area contributed by atoms with Crippen LogP contribution in [0.4, 0.5) is 10.5 Å². The molecule has 0 radical (unpaired) electrons. The first-order valence-electron chi connectivity index (χ1n) is 7.17. The highest BCUT2D eigenvalue weighted by Crippen LogP contribution is 2.19. The number of hydrogen-bond donors (Lipinski definition) is 1. The van der Waals surface area contributed by atoms with Crippen molar-refractivity contribution in [1.82, 2.24) is 9.78 Å². The summed E-state index contributed by atoms with van der Waals surface area (Å²) in [6.45, 7) is 4.44. The average molecular weight is 295 g/mol. The second kappa shape index (κ2) is 5.89. The molecule has 0 atom stereocenters. The molecule has 0 bridgehead atoms. The normalized spacial score (nSPS) is 10.6. The number of para-hydroxylation sites is 1. The van der Waals surface area contributed by atoms with Crippen molar-refractivity contribution in [3.05, 3.63) is 54.2 Å². The van der Waals surface area contributed by atoms with Crippen molar-refractivity contribution in [1.29, 1.82) is 0 Å². The van der Waals surface area contributed by atoms with Crippen molar-refractivity contribution in [3.8, 4) is 5.75 Å². The second-order valence-electron chi connectivity index (χ2n) is 4.90. The molecule has 0 aliphatic rings. The standard InChI is InChI=1S/C17H17N3O2/c1-3-22-14-10-8-13(9-11-14)18-17(21)20-16-7-5-4-6-15(16)12(2)19-20/h4-11H,3H2,1-2H3,(H,18,21). The zero-order chi connectivity index (χ0) is 15.5. The van der Waals surface area contributed by atoms with Crippen LogP contribution >= 0.6 is 0 Å². The van der Waals surface area contributed by atoms with Gasteiger partial charge < -0.3 is 10.1 Å². The van der Waals surface area contributed by atoms with Gasteiger partial charge in [-0.1, -0.05) is 18.2 Å². The van der Waals surface area contributed by atoms with Gasteiger partial charge in [0.2, 0.25) is 0 Å². The Morgan fingerprint density at radius 2 is 1.91 bits per heavy atom. The van der Waals surface area contributed by atoms with E-state index < -0.39 is 0 Å². The molecule has 0 unspecified atom stereocenters. The number of aromatic nitrogens is 2.